The van der Waals surface area contributed by atoms with Crippen LogP contribution in [0.5, 0.6) is 0 Å². The molecule has 0 spiro atoms. The number of thiophene rings is 1. The maximum atomic E-state index is 3.70. The molecule has 0 aromatic carbocycles. The van der Waals surface area contributed by atoms with E-state index in [0.717, 1.165) is 12.6 Å². The van der Waals surface area contributed by atoms with E-state index in [-0.39, 0.29) is 0 Å². The molecule has 1 saturated carbocycles. The predicted octanol–water partition coefficient (Wildman–Crippen LogP) is 3.27. The highest BCUT2D eigenvalue weighted by Crippen LogP contribution is 2.27. The maximum Gasteiger partial charge on any atom is 0.0412 e. The molecule has 17 heavy (non-hydrogen) atoms. The number of hydrogen-bond acceptors (Lipinski definition) is 3. The Balaban J connectivity index is 1.79. The molecule has 1 aromatic heterocycles. The average molecular weight is 252 g/mol. The first-order valence-corrected chi connectivity index (χ1v) is 7.59. The second-order valence-electron chi connectivity index (χ2n) is 5.13. The van der Waals surface area contributed by atoms with Crippen molar-refractivity contribution in [2.45, 2.75) is 51.2 Å². The maximum absolute atomic E-state index is 3.70. The molecule has 0 radical (unpaired) electrons. The SMILES string of the molecule is CCC(NCC(C)N(C)C1CC1)c1cccs1. The van der Waals surface area contributed by atoms with Gasteiger partial charge < -0.3 is 5.32 Å². The molecule has 2 nitrogen and oxygen atoms in total. The highest BCUT2D eigenvalue weighted by molar-refractivity contribution is 7.10. The third-order valence-corrected chi connectivity index (χ3v) is 4.76. The van der Waals surface area contributed by atoms with E-state index in [9.17, 15) is 0 Å². The lowest BCUT2D eigenvalue weighted by Crippen LogP contribution is -2.40. The van der Waals surface area contributed by atoms with Gasteiger partial charge in [-0.3, -0.25) is 4.90 Å². The molecule has 1 N–H and O–H groups in total. The fourth-order valence-corrected chi connectivity index (χ4v) is 3.12. The Bertz CT molecular complexity index is 319. The van der Waals surface area contributed by atoms with Crippen molar-refractivity contribution in [3.8, 4) is 0 Å². The van der Waals surface area contributed by atoms with Crippen molar-refractivity contribution in [1.82, 2.24) is 10.2 Å². The summed E-state index contributed by atoms with van der Waals surface area (Å²) in [5.41, 5.74) is 0. The van der Waals surface area contributed by atoms with E-state index in [2.05, 4.69) is 48.6 Å². The Hall–Kier alpha value is -0.380. The summed E-state index contributed by atoms with van der Waals surface area (Å²) in [6.07, 6.45) is 3.95. The van der Waals surface area contributed by atoms with Crippen LogP contribution < -0.4 is 5.32 Å². The lowest BCUT2D eigenvalue weighted by atomic mass is 10.1. The summed E-state index contributed by atoms with van der Waals surface area (Å²) >= 11 is 1.86. The summed E-state index contributed by atoms with van der Waals surface area (Å²) in [5, 5.41) is 5.87. The summed E-state index contributed by atoms with van der Waals surface area (Å²) in [6.45, 7) is 5.67. The van der Waals surface area contributed by atoms with Crippen LogP contribution in [0.15, 0.2) is 17.5 Å². The van der Waals surface area contributed by atoms with Crippen LogP contribution >= 0.6 is 11.3 Å². The molecule has 0 aliphatic heterocycles. The monoisotopic (exact) mass is 252 g/mol. The molecule has 1 heterocycles. The van der Waals surface area contributed by atoms with Crippen molar-refractivity contribution in [1.29, 1.82) is 0 Å². The standard InChI is InChI=1S/C14H24N2S/c1-4-13(14-6-5-9-17-14)15-10-11(2)16(3)12-7-8-12/h5-6,9,11-13,15H,4,7-8,10H2,1-3H3. The first-order valence-electron chi connectivity index (χ1n) is 6.71. The van der Waals surface area contributed by atoms with Gasteiger partial charge in [-0.1, -0.05) is 13.0 Å². The lowest BCUT2D eigenvalue weighted by Gasteiger charge is -2.26. The van der Waals surface area contributed by atoms with Crippen LogP contribution in [0.3, 0.4) is 0 Å². The molecule has 1 aromatic rings. The van der Waals surface area contributed by atoms with Crippen LogP contribution in [0.2, 0.25) is 0 Å². The Labute approximate surface area is 109 Å². The first-order chi connectivity index (χ1) is 8.22. The van der Waals surface area contributed by atoms with Gasteiger partial charge in [0, 0.05) is 29.5 Å². The predicted molar refractivity (Wildman–Crippen MR) is 75.6 cm³/mol. The van der Waals surface area contributed by atoms with E-state index >= 15 is 0 Å². The van der Waals surface area contributed by atoms with E-state index < -0.39 is 0 Å². The highest BCUT2D eigenvalue weighted by atomic mass is 32.1. The summed E-state index contributed by atoms with van der Waals surface area (Å²) in [6, 6.07) is 6.40. The highest BCUT2D eigenvalue weighted by Gasteiger charge is 2.29. The average Bonchev–Trinajstić information content (AvgIpc) is 3.05. The van der Waals surface area contributed by atoms with Gasteiger partial charge in [0.05, 0.1) is 0 Å². The summed E-state index contributed by atoms with van der Waals surface area (Å²) in [5.74, 6) is 0. The van der Waals surface area contributed by atoms with Crippen molar-refractivity contribution in [3.05, 3.63) is 22.4 Å². The van der Waals surface area contributed by atoms with E-state index in [4.69, 9.17) is 0 Å². The second-order valence-corrected chi connectivity index (χ2v) is 6.11. The van der Waals surface area contributed by atoms with Crippen molar-refractivity contribution >= 4 is 11.3 Å². The minimum Gasteiger partial charge on any atom is -0.308 e. The lowest BCUT2D eigenvalue weighted by molar-refractivity contribution is 0.235. The van der Waals surface area contributed by atoms with Gasteiger partial charge >= 0.3 is 0 Å². The van der Waals surface area contributed by atoms with E-state index in [1.807, 2.05) is 11.3 Å². The number of nitrogens with zero attached hydrogens (tertiary/aromatic N) is 1. The molecule has 3 heteroatoms. The summed E-state index contributed by atoms with van der Waals surface area (Å²) in [4.78, 5) is 3.99. The van der Waals surface area contributed by atoms with Crippen LogP contribution in [-0.4, -0.2) is 30.6 Å². The molecular weight excluding hydrogens is 228 g/mol. The molecule has 1 aliphatic carbocycles. The van der Waals surface area contributed by atoms with Crippen molar-refractivity contribution < 1.29 is 0 Å². The molecule has 2 unspecified atom stereocenters. The van der Waals surface area contributed by atoms with Crippen LogP contribution in [-0.2, 0) is 0 Å². The minimum atomic E-state index is 0.532. The second kappa shape index (κ2) is 5.98. The van der Waals surface area contributed by atoms with Crippen molar-refractivity contribution in [2.24, 2.45) is 0 Å². The van der Waals surface area contributed by atoms with Crippen LogP contribution in [0.4, 0.5) is 0 Å². The first kappa shape index (κ1) is 13.1. The topological polar surface area (TPSA) is 15.3 Å². The zero-order valence-electron chi connectivity index (χ0n) is 11.1. The van der Waals surface area contributed by atoms with E-state index in [1.165, 1.54) is 24.1 Å². The quantitative estimate of drug-likeness (QED) is 0.801. The zero-order valence-corrected chi connectivity index (χ0v) is 12.0. The Kier molecular flexibility index (Phi) is 4.60. The third-order valence-electron chi connectivity index (χ3n) is 3.77. The number of hydrogen-bond donors (Lipinski definition) is 1. The molecule has 2 rings (SSSR count). The van der Waals surface area contributed by atoms with Gasteiger partial charge in [-0.05, 0) is 44.7 Å². The smallest absolute Gasteiger partial charge is 0.0412 e. The van der Waals surface area contributed by atoms with E-state index in [0.29, 0.717) is 12.1 Å². The Morgan fingerprint density at radius 1 is 1.53 bits per heavy atom. The minimum absolute atomic E-state index is 0.532. The molecule has 2 atom stereocenters. The number of nitrogens with one attached hydrogen (secondary N) is 1. The van der Waals surface area contributed by atoms with Crippen LogP contribution in [0.1, 0.15) is 44.0 Å². The Morgan fingerprint density at radius 3 is 2.82 bits per heavy atom. The molecule has 0 saturated heterocycles. The summed E-state index contributed by atoms with van der Waals surface area (Å²) in [7, 11) is 2.26. The van der Waals surface area contributed by atoms with Gasteiger partial charge in [0.25, 0.3) is 0 Å². The summed E-state index contributed by atoms with van der Waals surface area (Å²) < 4.78 is 0. The van der Waals surface area contributed by atoms with Crippen LogP contribution in [0, 0.1) is 0 Å². The largest absolute Gasteiger partial charge is 0.308 e. The van der Waals surface area contributed by atoms with Gasteiger partial charge in [0.2, 0.25) is 0 Å². The Morgan fingerprint density at radius 2 is 2.29 bits per heavy atom. The van der Waals surface area contributed by atoms with Gasteiger partial charge in [-0.15, -0.1) is 11.3 Å². The van der Waals surface area contributed by atoms with Gasteiger partial charge in [-0.25, -0.2) is 0 Å². The van der Waals surface area contributed by atoms with Crippen molar-refractivity contribution in [3.63, 3.8) is 0 Å². The number of rotatable bonds is 7. The van der Waals surface area contributed by atoms with Gasteiger partial charge in [0.1, 0.15) is 0 Å². The van der Waals surface area contributed by atoms with E-state index in [1.54, 1.807) is 0 Å². The zero-order chi connectivity index (χ0) is 12.3. The molecule has 0 amide bonds. The molecular formula is C14H24N2S. The normalized spacial score (nSPS) is 19.5. The van der Waals surface area contributed by atoms with Gasteiger partial charge in [-0.2, -0.15) is 0 Å². The van der Waals surface area contributed by atoms with Crippen LogP contribution in [0.25, 0.3) is 0 Å². The molecule has 0 bridgehead atoms. The molecule has 1 aliphatic rings. The molecule has 96 valence electrons. The molecule has 1 fully saturated rings. The van der Waals surface area contributed by atoms with Crippen molar-refractivity contribution in [2.75, 3.05) is 13.6 Å². The van der Waals surface area contributed by atoms with Gasteiger partial charge in [0.15, 0.2) is 0 Å². The fourth-order valence-electron chi connectivity index (χ4n) is 2.23. The number of likely N-dealkylation sites (N-methyl/N-ethyl adjacent to an activating group) is 1. The third kappa shape index (κ3) is 3.54. The fraction of sp³-hybridized carbons (Fsp3) is 0.714.